The summed E-state index contributed by atoms with van der Waals surface area (Å²) in [4.78, 5) is 38.5. The number of carbonyl (C=O) groups excluding carboxylic acids is 2. The van der Waals surface area contributed by atoms with E-state index in [0.717, 1.165) is 10.2 Å². The Morgan fingerprint density at radius 3 is 2.45 bits per heavy atom. The molecule has 12 nitrogen and oxygen atoms in total. The molecule has 6 rings (SSSR count). The summed E-state index contributed by atoms with van der Waals surface area (Å²) in [6.07, 6.45) is 4.80. The first-order valence-corrected chi connectivity index (χ1v) is 15.5. The van der Waals surface area contributed by atoms with Gasteiger partial charge in [-0.15, -0.1) is 0 Å². The van der Waals surface area contributed by atoms with Gasteiger partial charge in [-0.2, -0.15) is 20.0 Å². The maximum atomic E-state index is 15.6. The lowest BCUT2D eigenvalue weighted by atomic mass is 9.86. The Hall–Kier alpha value is -5.85. The Morgan fingerprint density at radius 1 is 1.00 bits per heavy atom. The second-order valence-corrected chi connectivity index (χ2v) is 13.4. The van der Waals surface area contributed by atoms with Gasteiger partial charge < -0.3 is 15.2 Å². The molecular formula is C36H36FN7O5. The third kappa shape index (κ3) is 5.81. The second kappa shape index (κ2) is 12.0. The first kappa shape index (κ1) is 33.1. The number of carbonyl (C=O) groups is 2. The number of hydrogen-bond donors (Lipinski definition) is 2. The topological polar surface area (TPSA) is 160 Å². The van der Waals surface area contributed by atoms with Crippen molar-refractivity contribution in [3.63, 3.8) is 0 Å². The average Bonchev–Trinajstić information content (AvgIpc) is 3.70. The van der Waals surface area contributed by atoms with Gasteiger partial charge in [-0.3, -0.25) is 19.4 Å². The van der Waals surface area contributed by atoms with Gasteiger partial charge in [0.1, 0.15) is 12.4 Å². The molecule has 0 aliphatic rings. The minimum absolute atomic E-state index is 0.103. The van der Waals surface area contributed by atoms with Crippen LogP contribution in [-0.4, -0.2) is 48.8 Å². The Labute approximate surface area is 280 Å². The molecule has 3 aromatic heterocycles. The molecule has 49 heavy (non-hydrogen) atoms. The number of anilines is 1. The van der Waals surface area contributed by atoms with Crippen LogP contribution in [0.2, 0.25) is 0 Å². The molecule has 0 atom stereocenters. The predicted molar refractivity (Wildman–Crippen MR) is 184 cm³/mol. The average molecular weight is 666 g/mol. The fourth-order valence-corrected chi connectivity index (χ4v) is 5.84. The molecule has 0 radical (unpaired) electrons. The predicted octanol–water partition coefficient (Wildman–Crippen LogP) is 5.78. The number of nitrogen functional groups attached to an aromatic ring is 1. The maximum absolute atomic E-state index is 15.6. The Bertz CT molecular complexity index is 2350. The molecule has 3 N–H and O–H groups in total. The Morgan fingerprint density at radius 2 is 1.76 bits per heavy atom. The highest BCUT2D eigenvalue weighted by atomic mass is 19.1. The van der Waals surface area contributed by atoms with E-state index >= 15 is 4.39 Å². The quantitative estimate of drug-likeness (QED) is 0.201. The number of benzene rings is 3. The van der Waals surface area contributed by atoms with Crippen LogP contribution in [0, 0.1) is 5.82 Å². The number of nitrogens with zero attached hydrogens (tertiary/aromatic N) is 5. The minimum atomic E-state index is -1.09. The van der Waals surface area contributed by atoms with E-state index in [1.54, 1.807) is 44.4 Å². The zero-order valence-corrected chi connectivity index (χ0v) is 28.2. The minimum Gasteiger partial charge on any atom is -0.467 e. The zero-order valence-electron chi connectivity index (χ0n) is 28.2. The summed E-state index contributed by atoms with van der Waals surface area (Å²) in [5.74, 6) is -1.40. The number of ether oxygens (including phenoxy) is 2. The van der Waals surface area contributed by atoms with Gasteiger partial charge in [0, 0.05) is 40.6 Å². The SMILES string of the molecule is COC(=O)C(C)(C)n1cc(-c2cc(-c3cccc(-n4ncc5cc(C(C)(C)C)cc(F)c5c4=O)c3COC(C)=O)cc3c(N)n[nH]c23)cn1. The van der Waals surface area contributed by atoms with Crippen molar-refractivity contribution in [1.29, 1.82) is 0 Å². The molecule has 13 heteroatoms. The highest BCUT2D eigenvalue weighted by molar-refractivity contribution is 6.02. The van der Waals surface area contributed by atoms with Crippen LogP contribution >= 0.6 is 0 Å². The molecule has 0 unspecified atom stereocenters. The van der Waals surface area contributed by atoms with Crippen LogP contribution in [0.1, 0.15) is 52.7 Å². The summed E-state index contributed by atoms with van der Waals surface area (Å²) in [7, 11) is 1.32. The Kier molecular flexibility index (Phi) is 8.09. The molecule has 0 fully saturated rings. The number of nitrogens with two attached hydrogens (primary N) is 1. The summed E-state index contributed by atoms with van der Waals surface area (Å²) in [5.41, 5.74) is 8.91. The summed E-state index contributed by atoms with van der Waals surface area (Å²) in [6.45, 7) is 10.4. The number of halogens is 1. The number of fused-ring (bicyclic) bond motifs is 2. The van der Waals surface area contributed by atoms with Gasteiger partial charge in [-0.05, 0) is 66.3 Å². The molecule has 0 saturated heterocycles. The summed E-state index contributed by atoms with van der Waals surface area (Å²) >= 11 is 0. The molecule has 3 aromatic carbocycles. The number of rotatable bonds is 7. The lowest BCUT2D eigenvalue weighted by Gasteiger charge is -2.21. The molecule has 0 saturated carbocycles. The lowest BCUT2D eigenvalue weighted by Crippen LogP contribution is -2.37. The third-order valence-electron chi connectivity index (χ3n) is 8.67. The van der Waals surface area contributed by atoms with Crippen molar-refractivity contribution in [1.82, 2.24) is 29.8 Å². The fraction of sp³-hybridized carbons (Fsp3) is 0.278. The van der Waals surface area contributed by atoms with Crippen molar-refractivity contribution < 1.29 is 23.5 Å². The van der Waals surface area contributed by atoms with Crippen molar-refractivity contribution in [2.45, 2.75) is 59.1 Å². The van der Waals surface area contributed by atoms with Crippen molar-refractivity contribution in [3.05, 3.63) is 88.4 Å². The molecule has 0 aliphatic carbocycles. The van der Waals surface area contributed by atoms with Crippen molar-refractivity contribution in [2.24, 2.45) is 0 Å². The summed E-state index contributed by atoms with van der Waals surface area (Å²) in [5, 5.41) is 17.0. The number of aromatic amines is 1. The first-order chi connectivity index (χ1) is 23.1. The van der Waals surface area contributed by atoms with E-state index in [9.17, 15) is 14.4 Å². The number of nitrogens with one attached hydrogen (secondary N) is 1. The van der Waals surface area contributed by atoms with E-state index in [1.807, 2.05) is 39.0 Å². The van der Waals surface area contributed by atoms with Crippen molar-refractivity contribution in [3.8, 4) is 27.9 Å². The van der Waals surface area contributed by atoms with E-state index in [0.29, 0.717) is 49.8 Å². The molecule has 0 spiro atoms. The van der Waals surface area contributed by atoms with Crippen LogP contribution in [0.3, 0.4) is 0 Å². The van der Waals surface area contributed by atoms with Crippen LogP contribution < -0.4 is 11.3 Å². The van der Waals surface area contributed by atoms with Gasteiger partial charge in [-0.25, -0.2) is 9.18 Å². The first-order valence-electron chi connectivity index (χ1n) is 15.5. The number of methoxy groups -OCH3 is 1. The standard InChI is InChI=1S/C36H36FN7O5/c1-19(45)49-18-27-24(9-8-10-29(27)44-33(46)30-21(15-40-44)11-23(14-28(30)37)35(2,3)4)20-12-25(31-26(13-20)32(38)42-41-31)22-16-39-43(17-22)36(5,6)34(47)48-7/h8-17H,18H2,1-7H3,(H3,38,41,42). The molecule has 252 valence electrons. The Balaban J connectivity index is 1.57. The molecule has 3 heterocycles. The van der Waals surface area contributed by atoms with Gasteiger partial charge in [-0.1, -0.05) is 32.9 Å². The van der Waals surface area contributed by atoms with Crippen LogP contribution in [-0.2, 0) is 36.6 Å². The maximum Gasteiger partial charge on any atom is 0.333 e. The smallest absolute Gasteiger partial charge is 0.333 e. The largest absolute Gasteiger partial charge is 0.467 e. The van der Waals surface area contributed by atoms with Crippen LogP contribution in [0.15, 0.2) is 65.8 Å². The monoisotopic (exact) mass is 665 g/mol. The summed E-state index contributed by atoms with van der Waals surface area (Å²) < 4.78 is 28.7. The van der Waals surface area contributed by atoms with E-state index in [-0.39, 0.29) is 23.2 Å². The molecule has 0 amide bonds. The van der Waals surface area contributed by atoms with Crippen molar-refractivity contribution in [2.75, 3.05) is 12.8 Å². The van der Waals surface area contributed by atoms with E-state index in [2.05, 4.69) is 20.4 Å². The van der Waals surface area contributed by atoms with Gasteiger partial charge >= 0.3 is 11.9 Å². The second-order valence-electron chi connectivity index (χ2n) is 13.4. The van der Waals surface area contributed by atoms with Gasteiger partial charge in [0.15, 0.2) is 11.4 Å². The summed E-state index contributed by atoms with van der Waals surface area (Å²) in [6, 6.07) is 12.1. The van der Waals surface area contributed by atoms with Crippen molar-refractivity contribution >= 4 is 39.4 Å². The number of H-pyrrole nitrogens is 1. The van der Waals surface area contributed by atoms with E-state index < -0.39 is 28.9 Å². The highest BCUT2D eigenvalue weighted by Crippen LogP contribution is 2.38. The highest BCUT2D eigenvalue weighted by Gasteiger charge is 2.32. The van der Waals surface area contributed by atoms with Crippen LogP contribution in [0.4, 0.5) is 10.2 Å². The number of hydrogen-bond acceptors (Lipinski definition) is 9. The zero-order chi connectivity index (χ0) is 35.4. The van der Waals surface area contributed by atoms with Gasteiger partial charge in [0.25, 0.3) is 5.56 Å². The van der Waals surface area contributed by atoms with Gasteiger partial charge in [0.05, 0.1) is 36.1 Å². The van der Waals surface area contributed by atoms with Crippen LogP contribution in [0.25, 0.3) is 49.6 Å². The van der Waals surface area contributed by atoms with Crippen LogP contribution in [0.5, 0.6) is 0 Å². The molecule has 6 aromatic rings. The van der Waals surface area contributed by atoms with Gasteiger partial charge in [0.2, 0.25) is 0 Å². The lowest BCUT2D eigenvalue weighted by molar-refractivity contribution is -0.150. The fourth-order valence-electron chi connectivity index (χ4n) is 5.84. The molecule has 0 aliphatic heterocycles. The molecule has 0 bridgehead atoms. The number of aromatic nitrogens is 6. The normalized spacial score (nSPS) is 12.1. The van der Waals surface area contributed by atoms with E-state index in [1.165, 1.54) is 31.0 Å². The van der Waals surface area contributed by atoms with E-state index in [4.69, 9.17) is 15.2 Å². The number of esters is 2. The molecular weight excluding hydrogens is 629 g/mol. The third-order valence-corrected chi connectivity index (χ3v) is 8.67.